The van der Waals surface area contributed by atoms with E-state index in [4.69, 9.17) is 11.5 Å². The minimum absolute atomic E-state index is 0.0535. The first-order valence-electron chi connectivity index (χ1n) is 4.57. The second-order valence-corrected chi connectivity index (χ2v) is 3.43. The standard InChI is InChI=1S/C10H16N2O2/c1-2-3-7-6-8(13)4-5-9(14)10(7,11)12/h4-6,13-14H,2-3,11-12H2,1H3. The average Bonchev–Trinajstić information content (AvgIpc) is 2.20. The summed E-state index contributed by atoms with van der Waals surface area (Å²) >= 11 is 0. The van der Waals surface area contributed by atoms with E-state index in [9.17, 15) is 10.2 Å². The van der Waals surface area contributed by atoms with Gasteiger partial charge in [0.15, 0.2) is 0 Å². The van der Waals surface area contributed by atoms with Crippen molar-refractivity contribution in [3.8, 4) is 0 Å². The molecule has 0 unspecified atom stereocenters. The van der Waals surface area contributed by atoms with Crippen LogP contribution in [-0.2, 0) is 0 Å². The van der Waals surface area contributed by atoms with E-state index in [2.05, 4.69) is 0 Å². The highest BCUT2D eigenvalue weighted by atomic mass is 16.3. The maximum Gasteiger partial charge on any atom is 0.145 e. The molecule has 1 aliphatic rings. The van der Waals surface area contributed by atoms with Crippen LogP contribution in [0.3, 0.4) is 0 Å². The fourth-order valence-electron chi connectivity index (χ4n) is 1.36. The molecule has 0 aromatic heterocycles. The summed E-state index contributed by atoms with van der Waals surface area (Å²) in [5, 5.41) is 18.9. The van der Waals surface area contributed by atoms with Gasteiger partial charge in [-0.3, -0.25) is 0 Å². The Kier molecular flexibility index (Phi) is 2.98. The number of allylic oxidation sites excluding steroid dienone is 3. The topological polar surface area (TPSA) is 92.5 Å². The smallest absolute Gasteiger partial charge is 0.145 e. The Labute approximate surface area is 83.2 Å². The summed E-state index contributed by atoms with van der Waals surface area (Å²) in [6.45, 7) is 1.98. The summed E-state index contributed by atoms with van der Waals surface area (Å²) in [4.78, 5) is 0. The van der Waals surface area contributed by atoms with E-state index in [1.165, 1.54) is 18.2 Å². The molecule has 0 amide bonds. The van der Waals surface area contributed by atoms with E-state index in [0.717, 1.165) is 6.42 Å². The van der Waals surface area contributed by atoms with Gasteiger partial charge in [-0.15, -0.1) is 0 Å². The van der Waals surface area contributed by atoms with Gasteiger partial charge in [-0.2, -0.15) is 0 Å². The van der Waals surface area contributed by atoms with Crippen molar-refractivity contribution in [1.82, 2.24) is 0 Å². The predicted molar refractivity (Wildman–Crippen MR) is 55.5 cm³/mol. The van der Waals surface area contributed by atoms with Gasteiger partial charge in [0.05, 0.1) is 0 Å². The third-order valence-corrected chi connectivity index (χ3v) is 2.21. The molecular formula is C10H16N2O2. The Morgan fingerprint density at radius 2 is 1.93 bits per heavy atom. The molecule has 0 bridgehead atoms. The number of aliphatic hydroxyl groups is 2. The first-order valence-corrected chi connectivity index (χ1v) is 4.57. The summed E-state index contributed by atoms with van der Waals surface area (Å²) in [5.41, 5.74) is 10.8. The van der Waals surface area contributed by atoms with Crippen LogP contribution in [-0.4, -0.2) is 15.9 Å². The van der Waals surface area contributed by atoms with Gasteiger partial charge in [0.1, 0.15) is 17.2 Å². The Morgan fingerprint density at radius 1 is 1.29 bits per heavy atom. The zero-order valence-corrected chi connectivity index (χ0v) is 8.20. The van der Waals surface area contributed by atoms with Crippen LogP contribution in [0.5, 0.6) is 0 Å². The van der Waals surface area contributed by atoms with Gasteiger partial charge in [0.2, 0.25) is 0 Å². The van der Waals surface area contributed by atoms with Gasteiger partial charge in [0.25, 0.3) is 0 Å². The highest BCUT2D eigenvalue weighted by Gasteiger charge is 2.30. The molecular weight excluding hydrogens is 180 g/mol. The molecule has 0 aromatic rings. The predicted octanol–water partition coefficient (Wildman–Crippen LogP) is 1.22. The van der Waals surface area contributed by atoms with Gasteiger partial charge in [0, 0.05) is 0 Å². The van der Waals surface area contributed by atoms with E-state index in [1.54, 1.807) is 0 Å². The Bertz CT molecular complexity index is 314. The van der Waals surface area contributed by atoms with Gasteiger partial charge in [-0.1, -0.05) is 13.3 Å². The molecule has 0 saturated carbocycles. The van der Waals surface area contributed by atoms with Crippen molar-refractivity contribution in [1.29, 1.82) is 0 Å². The van der Waals surface area contributed by atoms with Crippen LogP contribution >= 0.6 is 0 Å². The monoisotopic (exact) mass is 196 g/mol. The molecule has 0 radical (unpaired) electrons. The largest absolute Gasteiger partial charge is 0.509 e. The second kappa shape index (κ2) is 3.86. The summed E-state index contributed by atoms with van der Waals surface area (Å²) < 4.78 is 0. The van der Waals surface area contributed by atoms with E-state index in [1.807, 2.05) is 6.92 Å². The van der Waals surface area contributed by atoms with Crippen LogP contribution in [0.2, 0.25) is 0 Å². The third-order valence-electron chi connectivity index (χ3n) is 2.21. The molecule has 1 aliphatic carbocycles. The minimum atomic E-state index is -1.36. The van der Waals surface area contributed by atoms with Gasteiger partial charge in [-0.05, 0) is 30.2 Å². The first kappa shape index (κ1) is 10.8. The second-order valence-electron chi connectivity index (χ2n) is 3.43. The zero-order chi connectivity index (χ0) is 10.8. The molecule has 14 heavy (non-hydrogen) atoms. The van der Waals surface area contributed by atoms with Crippen LogP contribution in [0.15, 0.2) is 35.3 Å². The highest BCUT2D eigenvalue weighted by Crippen LogP contribution is 2.24. The van der Waals surface area contributed by atoms with E-state index < -0.39 is 5.66 Å². The lowest BCUT2D eigenvalue weighted by Crippen LogP contribution is -2.52. The maximum absolute atomic E-state index is 9.55. The first-order chi connectivity index (χ1) is 6.48. The third kappa shape index (κ3) is 1.97. The number of aliphatic hydroxyl groups excluding tert-OH is 2. The molecule has 1 rings (SSSR count). The van der Waals surface area contributed by atoms with Gasteiger partial charge in [-0.25, -0.2) is 0 Å². The van der Waals surface area contributed by atoms with Gasteiger partial charge >= 0.3 is 0 Å². The Balaban J connectivity index is 3.11. The molecule has 0 atom stereocenters. The quantitative estimate of drug-likeness (QED) is 0.500. The van der Waals surface area contributed by atoms with Crippen LogP contribution in [0.4, 0.5) is 0 Å². The zero-order valence-electron chi connectivity index (χ0n) is 8.20. The van der Waals surface area contributed by atoms with Crippen molar-refractivity contribution >= 4 is 0 Å². The molecule has 0 aliphatic heterocycles. The number of hydrogen-bond acceptors (Lipinski definition) is 4. The average molecular weight is 196 g/mol. The lowest BCUT2D eigenvalue weighted by Gasteiger charge is -2.26. The molecule has 4 heteroatoms. The van der Waals surface area contributed by atoms with Crippen molar-refractivity contribution < 1.29 is 10.2 Å². The van der Waals surface area contributed by atoms with Crippen molar-refractivity contribution in [3.05, 3.63) is 35.3 Å². The fourth-order valence-corrected chi connectivity index (χ4v) is 1.36. The maximum atomic E-state index is 9.55. The highest BCUT2D eigenvalue weighted by molar-refractivity contribution is 5.39. The number of hydrogen-bond donors (Lipinski definition) is 4. The van der Waals surface area contributed by atoms with Crippen LogP contribution in [0, 0.1) is 0 Å². The molecule has 78 valence electrons. The van der Waals surface area contributed by atoms with Crippen LogP contribution in [0.25, 0.3) is 0 Å². The number of nitrogens with two attached hydrogens (primary N) is 2. The summed E-state index contributed by atoms with van der Waals surface area (Å²) in [7, 11) is 0. The summed E-state index contributed by atoms with van der Waals surface area (Å²) in [6.07, 6.45) is 5.68. The summed E-state index contributed by atoms with van der Waals surface area (Å²) in [5.74, 6) is -0.0842. The molecule has 0 heterocycles. The van der Waals surface area contributed by atoms with Gasteiger partial charge < -0.3 is 21.7 Å². The van der Waals surface area contributed by atoms with E-state index in [-0.39, 0.29) is 11.5 Å². The van der Waals surface area contributed by atoms with Crippen molar-refractivity contribution in [2.45, 2.75) is 25.4 Å². The Morgan fingerprint density at radius 3 is 2.50 bits per heavy atom. The summed E-state index contributed by atoms with van der Waals surface area (Å²) in [6, 6.07) is 0. The van der Waals surface area contributed by atoms with E-state index >= 15 is 0 Å². The molecule has 0 aromatic carbocycles. The Hall–Kier alpha value is -1.26. The molecule has 0 saturated heterocycles. The van der Waals surface area contributed by atoms with Crippen LogP contribution in [0.1, 0.15) is 19.8 Å². The van der Waals surface area contributed by atoms with Crippen molar-refractivity contribution in [2.24, 2.45) is 11.5 Å². The lowest BCUT2D eigenvalue weighted by atomic mass is 9.95. The van der Waals surface area contributed by atoms with E-state index in [0.29, 0.717) is 12.0 Å². The van der Waals surface area contributed by atoms with Crippen molar-refractivity contribution in [3.63, 3.8) is 0 Å². The van der Waals surface area contributed by atoms with Crippen LogP contribution < -0.4 is 11.5 Å². The minimum Gasteiger partial charge on any atom is -0.509 e. The van der Waals surface area contributed by atoms with Crippen molar-refractivity contribution in [2.75, 3.05) is 0 Å². The fraction of sp³-hybridized carbons (Fsp3) is 0.400. The molecule has 4 nitrogen and oxygen atoms in total. The number of rotatable bonds is 2. The normalized spacial score (nSPS) is 20.6. The molecule has 6 N–H and O–H groups in total. The molecule has 0 fully saturated rings. The lowest BCUT2D eigenvalue weighted by molar-refractivity contribution is 0.320. The SMILES string of the molecule is CCCC1=CC(O)=CC=C(O)C1(N)N. The molecule has 0 spiro atoms.